The maximum atomic E-state index is 5.94. The summed E-state index contributed by atoms with van der Waals surface area (Å²) in [5.41, 5.74) is 2.35. The summed E-state index contributed by atoms with van der Waals surface area (Å²) in [6.07, 6.45) is 3.32. The molecule has 0 bridgehead atoms. The minimum atomic E-state index is -0.0250. The molecule has 2 atom stereocenters. The largest absolute Gasteiger partial charge is 0.373 e. The fraction of sp³-hybridized carbons (Fsp3) is 0.706. The van der Waals surface area contributed by atoms with Crippen molar-refractivity contribution in [3.05, 3.63) is 24.0 Å². The highest BCUT2D eigenvalue weighted by molar-refractivity contribution is 5.45. The minimum absolute atomic E-state index is 0.0250. The number of hydrogen-bond donors (Lipinski definition) is 1. The van der Waals surface area contributed by atoms with Crippen LogP contribution in [-0.4, -0.2) is 43.4 Å². The molecule has 1 aromatic rings. The molecule has 1 aliphatic heterocycles. The van der Waals surface area contributed by atoms with Crippen LogP contribution in [-0.2, 0) is 4.74 Å². The number of nitrogens with one attached hydrogen (secondary N) is 1. The van der Waals surface area contributed by atoms with Crippen molar-refractivity contribution in [3.63, 3.8) is 0 Å². The predicted molar refractivity (Wildman–Crippen MR) is 88.0 cm³/mol. The Bertz CT molecular complexity index is 444. The zero-order valence-electron chi connectivity index (χ0n) is 14.0. The van der Waals surface area contributed by atoms with Crippen LogP contribution in [0.5, 0.6) is 0 Å². The molecule has 0 aliphatic carbocycles. The van der Waals surface area contributed by atoms with Gasteiger partial charge in [0.25, 0.3) is 0 Å². The van der Waals surface area contributed by atoms with Crippen molar-refractivity contribution >= 4 is 5.69 Å². The van der Waals surface area contributed by atoms with Crippen molar-refractivity contribution in [1.29, 1.82) is 0 Å². The summed E-state index contributed by atoms with van der Waals surface area (Å²) in [6.45, 7) is 11.4. The molecule has 4 heteroatoms. The van der Waals surface area contributed by atoms with Gasteiger partial charge in [-0.1, -0.05) is 13.8 Å². The Morgan fingerprint density at radius 2 is 2.24 bits per heavy atom. The molecule has 1 saturated heterocycles. The molecule has 4 nitrogen and oxygen atoms in total. The van der Waals surface area contributed by atoms with Gasteiger partial charge in [-0.05, 0) is 45.4 Å². The van der Waals surface area contributed by atoms with Gasteiger partial charge in [0.05, 0.1) is 24.6 Å². The molecule has 21 heavy (non-hydrogen) atoms. The Hall–Kier alpha value is -1.13. The first kappa shape index (κ1) is 16.2. The zero-order chi connectivity index (χ0) is 15.5. The smallest absolute Gasteiger partial charge is 0.0926 e. The second-order valence-corrected chi connectivity index (χ2v) is 6.53. The summed E-state index contributed by atoms with van der Waals surface area (Å²) in [5, 5.41) is 3.35. The van der Waals surface area contributed by atoms with Crippen LogP contribution < -0.4 is 10.2 Å². The third-order valence-corrected chi connectivity index (χ3v) is 4.77. The molecule has 0 amide bonds. The molecule has 0 spiro atoms. The van der Waals surface area contributed by atoms with Crippen LogP contribution in [0.2, 0.25) is 0 Å². The summed E-state index contributed by atoms with van der Waals surface area (Å²) in [4.78, 5) is 7.01. The van der Waals surface area contributed by atoms with Gasteiger partial charge in [0.2, 0.25) is 0 Å². The van der Waals surface area contributed by atoms with Crippen LogP contribution >= 0.6 is 0 Å². The van der Waals surface area contributed by atoms with Gasteiger partial charge in [-0.3, -0.25) is 4.98 Å². The van der Waals surface area contributed by atoms with E-state index in [1.165, 1.54) is 11.4 Å². The molecule has 118 valence electrons. The number of nitrogens with zero attached hydrogens (tertiary/aromatic N) is 2. The van der Waals surface area contributed by atoms with Crippen LogP contribution in [0.3, 0.4) is 0 Å². The van der Waals surface area contributed by atoms with E-state index >= 15 is 0 Å². The average Bonchev–Trinajstić information content (AvgIpc) is 2.54. The van der Waals surface area contributed by atoms with E-state index in [1.54, 1.807) is 0 Å². The van der Waals surface area contributed by atoms with Gasteiger partial charge < -0.3 is 15.0 Å². The quantitative estimate of drug-likeness (QED) is 0.905. The lowest BCUT2D eigenvalue weighted by Crippen LogP contribution is -2.57. The van der Waals surface area contributed by atoms with Crippen molar-refractivity contribution in [1.82, 2.24) is 10.3 Å². The highest BCUT2D eigenvalue weighted by Gasteiger charge is 2.33. The van der Waals surface area contributed by atoms with Crippen molar-refractivity contribution in [3.8, 4) is 0 Å². The Labute approximate surface area is 128 Å². The molecule has 0 aromatic carbocycles. The Morgan fingerprint density at radius 1 is 1.48 bits per heavy atom. The van der Waals surface area contributed by atoms with Crippen LogP contribution in [0, 0.1) is 0 Å². The lowest BCUT2D eigenvalue weighted by Gasteiger charge is -2.42. The number of pyridine rings is 1. The second-order valence-electron chi connectivity index (χ2n) is 6.53. The Morgan fingerprint density at radius 3 is 2.81 bits per heavy atom. The SMILES string of the molecule is CCC(C)c1ccc(N2CCOC(C(C)(C)NC)C2)cn1. The number of ether oxygens (including phenoxy) is 1. The molecule has 0 saturated carbocycles. The lowest BCUT2D eigenvalue weighted by atomic mass is 9.96. The van der Waals surface area contributed by atoms with Crippen molar-refractivity contribution < 1.29 is 4.74 Å². The van der Waals surface area contributed by atoms with E-state index in [1.807, 2.05) is 13.2 Å². The molecule has 1 aliphatic rings. The van der Waals surface area contributed by atoms with Crippen LogP contribution in [0.25, 0.3) is 0 Å². The Kier molecular flexibility index (Phi) is 5.22. The zero-order valence-corrected chi connectivity index (χ0v) is 14.0. The predicted octanol–water partition coefficient (Wildman–Crippen LogP) is 2.80. The van der Waals surface area contributed by atoms with E-state index in [-0.39, 0.29) is 11.6 Å². The summed E-state index contributed by atoms with van der Waals surface area (Å²) < 4.78 is 5.94. The summed E-state index contributed by atoms with van der Waals surface area (Å²) in [6, 6.07) is 4.36. The van der Waals surface area contributed by atoms with Crippen molar-refractivity contribution in [2.75, 3.05) is 31.6 Å². The number of morpholine rings is 1. The third-order valence-electron chi connectivity index (χ3n) is 4.77. The van der Waals surface area contributed by atoms with Crippen LogP contribution in [0.4, 0.5) is 5.69 Å². The molecular weight excluding hydrogens is 262 g/mol. The Balaban J connectivity index is 2.07. The average molecular weight is 291 g/mol. The van der Waals surface area contributed by atoms with E-state index in [0.29, 0.717) is 5.92 Å². The van der Waals surface area contributed by atoms with E-state index in [9.17, 15) is 0 Å². The van der Waals surface area contributed by atoms with Crippen molar-refractivity contribution in [2.24, 2.45) is 0 Å². The minimum Gasteiger partial charge on any atom is -0.373 e. The van der Waals surface area contributed by atoms with Crippen LogP contribution in [0.1, 0.15) is 45.7 Å². The normalized spacial score (nSPS) is 21.4. The molecular formula is C17H29N3O. The standard InChI is InChI=1S/C17H29N3O/c1-6-13(2)15-8-7-14(11-19-15)20-9-10-21-16(12-20)17(3,4)18-5/h7-8,11,13,16,18H,6,9-10,12H2,1-5H3. The van der Waals surface area contributed by atoms with Gasteiger partial charge in [0, 0.05) is 24.3 Å². The van der Waals surface area contributed by atoms with Gasteiger partial charge in [-0.15, -0.1) is 0 Å². The molecule has 1 aromatic heterocycles. The van der Waals surface area contributed by atoms with E-state index in [4.69, 9.17) is 4.74 Å². The summed E-state index contributed by atoms with van der Waals surface area (Å²) >= 11 is 0. The summed E-state index contributed by atoms with van der Waals surface area (Å²) in [5.74, 6) is 0.528. The second kappa shape index (κ2) is 6.75. The fourth-order valence-electron chi connectivity index (χ4n) is 2.57. The van der Waals surface area contributed by atoms with E-state index in [2.05, 4.69) is 55.0 Å². The number of likely N-dealkylation sites (N-methyl/N-ethyl adjacent to an activating group) is 1. The van der Waals surface area contributed by atoms with E-state index < -0.39 is 0 Å². The number of aromatic nitrogens is 1. The first-order chi connectivity index (χ1) is 9.97. The molecule has 1 fully saturated rings. The first-order valence-corrected chi connectivity index (χ1v) is 7.99. The first-order valence-electron chi connectivity index (χ1n) is 7.99. The monoisotopic (exact) mass is 291 g/mol. The van der Waals surface area contributed by atoms with Gasteiger partial charge in [-0.25, -0.2) is 0 Å². The maximum Gasteiger partial charge on any atom is 0.0926 e. The van der Waals surface area contributed by atoms with Crippen molar-refractivity contribution in [2.45, 2.75) is 51.7 Å². The van der Waals surface area contributed by atoms with Gasteiger partial charge >= 0.3 is 0 Å². The van der Waals surface area contributed by atoms with Crippen LogP contribution in [0.15, 0.2) is 18.3 Å². The third kappa shape index (κ3) is 3.74. The van der Waals surface area contributed by atoms with Gasteiger partial charge in [0.1, 0.15) is 0 Å². The highest BCUT2D eigenvalue weighted by Crippen LogP contribution is 2.24. The van der Waals surface area contributed by atoms with E-state index in [0.717, 1.165) is 26.1 Å². The molecule has 2 unspecified atom stereocenters. The van der Waals surface area contributed by atoms with Gasteiger partial charge in [0.15, 0.2) is 0 Å². The summed E-state index contributed by atoms with van der Waals surface area (Å²) in [7, 11) is 1.99. The maximum absolute atomic E-state index is 5.94. The van der Waals surface area contributed by atoms with Gasteiger partial charge in [-0.2, -0.15) is 0 Å². The molecule has 0 radical (unpaired) electrons. The molecule has 2 heterocycles. The number of hydrogen-bond acceptors (Lipinski definition) is 4. The fourth-order valence-corrected chi connectivity index (χ4v) is 2.57. The lowest BCUT2D eigenvalue weighted by molar-refractivity contribution is -0.0103. The molecule has 1 N–H and O–H groups in total. The highest BCUT2D eigenvalue weighted by atomic mass is 16.5. The number of rotatable bonds is 5. The molecule has 2 rings (SSSR count). The number of anilines is 1. The topological polar surface area (TPSA) is 37.4 Å².